The van der Waals surface area contributed by atoms with E-state index in [1.807, 2.05) is 39.8 Å². The van der Waals surface area contributed by atoms with Gasteiger partial charge in [-0.1, -0.05) is 19.9 Å². The van der Waals surface area contributed by atoms with Crippen LogP contribution in [0.1, 0.15) is 61.9 Å². The van der Waals surface area contributed by atoms with Crippen LogP contribution < -0.4 is 14.4 Å². The van der Waals surface area contributed by atoms with Crippen molar-refractivity contribution in [2.24, 2.45) is 0 Å². The Labute approximate surface area is 201 Å². The summed E-state index contributed by atoms with van der Waals surface area (Å²) in [6.07, 6.45) is 0.973. The molecule has 34 heavy (non-hydrogen) atoms. The number of aryl methyl sites for hydroxylation is 2. The Hall–Kier alpha value is -3.14. The molecule has 2 aromatic rings. The van der Waals surface area contributed by atoms with Gasteiger partial charge in [-0.2, -0.15) is 0 Å². The van der Waals surface area contributed by atoms with Crippen LogP contribution in [0.2, 0.25) is 0 Å². The maximum Gasteiger partial charge on any atom is 0.271 e. The number of nitro groups is 1. The fraction of sp³-hybridized carbons (Fsp3) is 0.458. The maximum absolute atomic E-state index is 13.2. The second-order valence-electron chi connectivity index (χ2n) is 8.80. The van der Waals surface area contributed by atoms with Gasteiger partial charge in [-0.3, -0.25) is 19.2 Å². The van der Waals surface area contributed by atoms with E-state index in [-0.39, 0.29) is 17.3 Å². The second kappa shape index (κ2) is 10.4. The molecule has 0 bridgehead atoms. The van der Waals surface area contributed by atoms with Crippen molar-refractivity contribution in [1.29, 1.82) is 0 Å². The molecule has 0 heterocycles. The first-order valence-electron chi connectivity index (χ1n) is 10.9. The number of nitro benzene ring substituents is 1. The van der Waals surface area contributed by atoms with E-state index in [1.165, 1.54) is 25.1 Å². The van der Waals surface area contributed by atoms with Gasteiger partial charge in [0.2, 0.25) is 15.9 Å². The van der Waals surface area contributed by atoms with Crippen molar-refractivity contribution < 1.29 is 22.9 Å². The largest absolute Gasteiger partial charge is 0.496 e. The average Bonchev–Trinajstić information content (AvgIpc) is 2.73. The van der Waals surface area contributed by atoms with Crippen LogP contribution in [0.3, 0.4) is 0 Å². The van der Waals surface area contributed by atoms with Crippen LogP contribution in [-0.4, -0.2) is 38.7 Å². The molecular weight excluding hydrogens is 458 g/mol. The summed E-state index contributed by atoms with van der Waals surface area (Å²) < 4.78 is 31.8. The number of sulfonamides is 1. The van der Waals surface area contributed by atoms with Gasteiger partial charge in [0.15, 0.2) is 0 Å². The van der Waals surface area contributed by atoms with Crippen molar-refractivity contribution in [3.8, 4) is 5.75 Å². The summed E-state index contributed by atoms with van der Waals surface area (Å²) in [6.45, 7) is 10.9. The summed E-state index contributed by atoms with van der Waals surface area (Å²) in [7, 11) is -2.32. The van der Waals surface area contributed by atoms with E-state index in [0.717, 1.165) is 33.0 Å². The number of hydrogen-bond donors (Lipinski definition) is 1. The minimum atomic E-state index is -3.93. The Morgan fingerprint density at radius 1 is 1.06 bits per heavy atom. The lowest BCUT2D eigenvalue weighted by molar-refractivity contribution is -0.384. The normalized spacial score (nSPS) is 13.3. The van der Waals surface area contributed by atoms with E-state index in [9.17, 15) is 23.3 Å². The number of ether oxygens (including phenoxy) is 1. The quantitative estimate of drug-likeness (QED) is 0.411. The van der Waals surface area contributed by atoms with E-state index in [0.29, 0.717) is 5.56 Å². The molecular formula is C24H33N3O6S. The molecule has 2 rings (SSSR count). The van der Waals surface area contributed by atoms with Gasteiger partial charge < -0.3 is 10.1 Å². The van der Waals surface area contributed by atoms with Crippen molar-refractivity contribution in [2.45, 2.75) is 59.5 Å². The van der Waals surface area contributed by atoms with Crippen LogP contribution in [0.5, 0.6) is 5.75 Å². The smallest absolute Gasteiger partial charge is 0.271 e. The molecule has 0 aliphatic rings. The Bertz CT molecular complexity index is 1190. The monoisotopic (exact) mass is 491 g/mol. The number of benzene rings is 2. The van der Waals surface area contributed by atoms with Crippen LogP contribution in [0.25, 0.3) is 0 Å². The van der Waals surface area contributed by atoms with Crippen LogP contribution >= 0.6 is 0 Å². The van der Waals surface area contributed by atoms with E-state index in [1.54, 1.807) is 14.0 Å². The lowest BCUT2D eigenvalue weighted by atomic mass is 9.93. The Kier molecular flexibility index (Phi) is 8.31. The Morgan fingerprint density at radius 3 is 2.18 bits per heavy atom. The first-order valence-corrected chi connectivity index (χ1v) is 12.8. The summed E-state index contributed by atoms with van der Waals surface area (Å²) in [4.78, 5) is 23.8. The van der Waals surface area contributed by atoms with Crippen LogP contribution in [-0.2, 0) is 14.8 Å². The molecule has 0 aliphatic carbocycles. The molecule has 0 saturated carbocycles. The number of carbonyl (C=O) groups excluding carboxylic acids is 1. The molecule has 0 spiro atoms. The van der Waals surface area contributed by atoms with E-state index in [4.69, 9.17) is 4.74 Å². The molecule has 0 fully saturated rings. The second-order valence-corrected chi connectivity index (χ2v) is 10.7. The standard InChI is InChI=1S/C24H33N3O6S/c1-14(2)20-13-21(16(4)11-23(20)33-7)17(5)25-24(28)18(6)26(34(8,31)32)22-12-19(27(29)30)10-9-15(22)3/h9-14,17-18H,1-8H3,(H,25,28)/t17-,18+/m0/s1. The topological polar surface area (TPSA) is 119 Å². The molecule has 2 atom stereocenters. The molecule has 0 saturated heterocycles. The van der Waals surface area contributed by atoms with E-state index >= 15 is 0 Å². The maximum atomic E-state index is 13.2. The van der Waals surface area contributed by atoms with E-state index in [2.05, 4.69) is 5.32 Å². The predicted molar refractivity (Wildman–Crippen MR) is 133 cm³/mol. The number of rotatable bonds is 9. The van der Waals surface area contributed by atoms with Gasteiger partial charge in [-0.15, -0.1) is 0 Å². The Balaban J connectivity index is 2.42. The highest BCUT2D eigenvalue weighted by Gasteiger charge is 2.32. The summed E-state index contributed by atoms with van der Waals surface area (Å²) in [5.41, 5.74) is 3.15. The number of nitrogens with zero attached hydrogens (tertiary/aromatic N) is 2. The Morgan fingerprint density at radius 2 is 1.68 bits per heavy atom. The van der Waals surface area contributed by atoms with Crippen molar-refractivity contribution in [3.05, 3.63) is 62.7 Å². The van der Waals surface area contributed by atoms with E-state index < -0.39 is 32.9 Å². The number of anilines is 1. The molecule has 0 radical (unpaired) electrons. The third-order valence-electron chi connectivity index (χ3n) is 5.80. The van der Waals surface area contributed by atoms with Crippen molar-refractivity contribution in [3.63, 3.8) is 0 Å². The highest BCUT2D eigenvalue weighted by molar-refractivity contribution is 7.92. The lowest BCUT2D eigenvalue weighted by Crippen LogP contribution is -2.48. The molecule has 10 heteroatoms. The van der Waals surface area contributed by atoms with Crippen LogP contribution in [0.15, 0.2) is 30.3 Å². The van der Waals surface area contributed by atoms with Gasteiger partial charge in [0.05, 0.1) is 30.0 Å². The zero-order valence-corrected chi connectivity index (χ0v) is 21.7. The van der Waals surface area contributed by atoms with Gasteiger partial charge in [0.1, 0.15) is 11.8 Å². The third kappa shape index (κ3) is 5.85. The zero-order valence-electron chi connectivity index (χ0n) is 20.9. The molecule has 1 N–H and O–H groups in total. The summed E-state index contributed by atoms with van der Waals surface area (Å²) in [6, 6.07) is 6.30. The van der Waals surface area contributed by atoms with Crippen molar-refractivity contribution >= 4 is 27.3 Å². The SMILES string of the molecule is COc1cc(C)c([C@H](C)NC(=O)[C@@H](C)N(c2cc([N+](=O)[O-])ccc2C)S(C)(=O)=O)cc1C(C)C. The zero-order chi connectivity index (χ0) is 26.0. The fourth-order valence-corrected chi connectivity index (χ4v) is 5.18. The third-order valence-corrected chi connectivity index (χ3v) is 7.02. The highest BCUT2D eigenvalue weighted by atomic mass is 32.2. The van der Waals surface area contributed by atoms with Crippen molar-refractivity contribution in [1.82, 2.24) is 5.32 Å². The molecule has 186 valence electrons. The first kappa shape index (κ1) is 27.1. The number of non-ortho nitro benzene ring substituents is 1. The number of nitrogens with one attached hydrogen (secondary N) is 1. The summed E-state index contributed by atoms with van der Waals surface area (Å²) >= 11 is 0. The predicted octanol–water partition coefficient (Wildman–Crippen LogP) is 4.38. The molecule has 1 amide bonds. The summed E-state index contributed by atoms with van der Waals surface area (Å²) in [5.74, 6) is 0.450. The number of amides is 1. The number of carbonyl (C=O) groups is 1. The van der Waals surface area contributed by atoms with Crippen LogP contribution in [0.4, 0.5) is 11.4 Å². The summed E-state index contributed by atoms with van der Waals surface area (Å²) in [5, 5.41) is 14.1. The number of hydrogen-bond acceptors (Lipinski definition) is 6. The molecule has 0 aromatic heterocycles. The highest BCUT2D eigenvalue weighted by Crippen LogP contribution is 2.33. The molecule has 9 nitrogen and oxygen atoms in total. The first-order chi connectivity index (χ1) is 15.7. The molecule has 0 aliphatic heterocycles. The fourth-order valence-electron chi connectivity index (χ4n) is 3.95. The molecule has 2 aromatic carbocycles. The van der Waals surface area contributed by atoms with Gasteiger partial charge in [0.25, 0.3) is 5.69 Å². The van der Waals surface area contributed by atoms with Gasteiger partial charge >= 0.3 is 0 Å². The minimum absolute atomic E-state index is 0.0923. The molecule has 0 unspecified atom stereocenters. The minimum Gasteiger partial charge on any atom is -0.496 e. The van der Waals surface area contributed by atoms with Gasteiger partial charge in [0, 0.05) is 12.1 Å². The van der Waals surface area contributed by atoms with Crippen LogP contribution in [0, 0.1) is 24.0 Å². The van der Waals surface area contributed by atoms with Gasteiger partial charge in [-0.25, -0.2) is 8.42 Å². The van der Waals surface area contributed by atoms with Crippen molar-refractivity contribution in [2.75, 3.05) is 17.7 Å². The van der Waals surface area contributed by atoms with Gasteiger partial charge in [-0.05, 0) is 68.0 Å². The average molecular weight is 492 g/mol. The number of methoxy groups -OCH3 is 1. The lowest BCUT2D eigenvalue weighted by Gasteiger charge is -2.30.